The number of sulfonamides is 1. The minimum Gasteiger partial charge on any atom is -0.486 e. The third kappa shape index (κ3) is 8.46. The normalized spacial score (nSPS) is 15.5. The van der Waals surface area contributed by atoms with Gasteiger partial charge in [0.1, 0.15) is 25.8 Å². The molecular formula is C34H39Cl2N3O6S. The van der Waals surface area contributed by atoms with Crippen molar-refractivity contribution in [2.45, 2.75) is 64.1 Å². The molecule has 0 saturated heterocycles. The molecule has 246 valence electrons. The van der Waals surface area contributed by atoms with Crippen molar-refractivity contribution in [3.05, 3.63) is 87.9 Å². The molecule has 0 unspecified atom stereocenters. The van der Waals surface area contributed by atoms with E-state index >= 15 is 0 Å². The summed E-state index contributed by atoms with van der Waals surface area (Å²) in [5.74, 6) is -0.202. The molecule has 2 aliphatic rings. The Hall–Kier alpha value is -3.47. The smallest absolute Gasteiger partial charge is 0.244 e. The molecule has 12 heteroatoms. The van der Waals surface area contributed by atoms with Gasteiger partial charge in [-0.2, -0.15) is 0 Å². The number of halogens is 2. The summed E-state index contributed by atoms with van der Waals surface area (Å²) in [5.41, 5.74) is 1.69. The Balaban J connectivity index is 1.53. The van der Waals surface area contributed by atoms with Crippen LogP contribution in [0.1, 0.15) is 50.2 Å². The third-order valence-electron chi connectivity index (χ3n) is 8.37. The second-order valence-corrected chi connectivity index (χ2v) is 14.6. The molecule has 0 aromatic heterocycles. The van der Waals surface area contributed by atoms with Crippen molar-refractivity contribution >= 4 is 50.7 Å². The molecule has 0 radical (unpaired) electrons. The number of carbonyl (C=O) groups excluding carboxylic acids is 2. The van der Waals surface area contributed by atoms with Gasteiger partial charge in [0.2, 0.25) is 21.8 Å². The minimum absolute atomic E-state index is 0.00489. The Labute approximate surface area is 280 Å². The van der Waals surface area contributed by atoms with Gasteiger partial charge >= 0.3 is 0 Å². The number of rotatable bonds is 12. The van der Waals surface area contributed by atoms with Crippen LogP contribution in [0.25, 0.3) is 0 Å². The number of hydrogen-bond acceptors (Lipinski definition) is 6. The highest BCUT2D eigenvalue weighted by Gasteiger charge is 2.35. The molecule has 1 aliphatic carbocycles. The van der Waals surface area contributed by atoms with Gasteiger partial charge in [0, 0.05) is 35.1 Å². The van der Waals surface area contributed by atoms with E-state index in [-0.39, 0.29) is 36.4 Å². The second kappa shape index (κ2) is 15.4. The molecule has 2 amide bonds. The van der Waals surface area contributed by atoms with Gasteiger partial charge < -0.3 is 19.7 Å². The number of ether oxygens (including phenoxy) is 2. The summed E-state index contributed by atoms with van der Waals surface area (Å²) in [6.45, 7) is 1.65. The van der Waals surface area contributed by atoms with Crippen molar-refractivity contribution in [1.29, 1.82) is 0 Å². The molecule has 1 N–H and O–H groups in total. The van der Waals surface area contributed by atoms with Gasteiger partial charge in [0.25, 0.3) is 0 Å². The maximum absolute atomic E-state index is 14.5. The van der Waals surface area contributed by atoms with Crippen LogP contribution in [0.2, 0.25) is 10.0 Å². The molecule has 1 atom stereocenters. The fourth-order valence-corrected chi connectivity index (χ4v) is 7.36. The van der Waals surface area contributed by atoms with Gasteiger partial charge in [-0.1, -0.05) is 78.9 Å². The van der Waals surface area contributed by atoms with Crippen molar-refractivity contribution in [2.75, 3.05) is 29.8 Å². The van der Waals surface area contributed by atoms with Crippen LogP contribution in [-0.2, 0) is 32.6 Å². The molecule has 1 heterocycles. The average Bonchev–Trinajstić information content (AvgIpc) is 3.06. The van der Waals surface area contributed by atoms with Crippen LogP contribution in [0.15, 0.2) is 66.7 Å². The van der Waals surface area contributed by atoms with Crippen molar-refractivity contribution in [3.63, 3.8) is 0 Å². The third-order valence-corrected chi connectivity index (χ3v) is 10.7. The van der Waals surface area contributed by atoms with Crippen LogP contribution >= 0.6 is 23.2 Å². The van der Waals surface area contributed by atoms with Crippen LogP contribution in [0.5, 0.6) is 11.5 Å². The summed E-state index contributed by atoms with van der Waals surface area (Å²) in [4.78, 5) is 30.1. The van der Waals surface area contributed by atoms with E-state index in [1.165, 1.54) is 11.8 Å². The van der Waals surface area contributed by atoms with Gasteiger partial charge in [-0.05, 0) is 55.2 Å². The first kappa shape index (κ1) is 33.9. The maximum Gasteiger partial charge on any atom is 0.244 e. The van der Waals surface area contributed by atoms with Crippen molar-refractivity contribution < 1.29 is 27.5 Å². The van der Waals surface area contributed by atoms with Crippen molar-refractivity contribution in [1.82, 2.24) is 10.2 Å². The van der Waals surface area contributed by atoms with Gasteiger partial charge in [-0.25, -0.2) is 8.42 Å². The van der Waals surface area contributed by atoms with E-state index in [2.05, 4.69) is 5.32 Å². The fraction of sp³-hybridized carbons (Fsp3) is 0.412. The highest BCUT2D eigenvalue weighted by molar-refractivity contribution is 7.92. The zero-order chi connectivity index (χ0) is 32.7. The zero-order valence-corrected chi connectivity index (χ0v) is 28.1. The van der Waals surface area contributed by atoms with Crippen LogP contribution in [-0.4, -0.2) is 62.7 Å². The second-order valence-electron chi connectivity index (χ2n) is 11.5. The molecule has 5 rings (SSSR count). The maximum atomic E-state index is 14.5. The molecule has 1 saturated carbocycles. The molecular weight excluding hydrogens is 649 g/mol. The van der Waals surface area contributed by atoms with Gasteiger partial charge in [-0.3, -0.25) is 13.9 Å². The van der Waals surface area contributed by atoms with E-state index in [0.717, 1.165) is 42.0 Å². The predicted octanol–water partition coefficient (Wildman–Crippen LogP) is 6.01. The quantitative estimate of drug-likeness (QED) is 0.250. The lowest BCUT2D eigenvalue weighted by Crippen LogP contribution is -2.55. The monoisotopic (exact) mass is 687 g/mol. The number of nitrogens with zero attached hydrogens (tertiary/aromatic N) is 2. The number of nitrogens with one attached hydrogen (secondary N) is 1. The largest absolute Gasteiger partial charge is 0.486 e. The Kier molecular flexibility index (Phi) is 11.4. The van der Waals surface area contributed by atoms with Crippen molar-refractivity contribution in [3.8, 4) is 11.5 Å². The summed E-state index contributed by atoms with van der Waals surface area (Å²) in [7, 11) is -3.94. The average molecular weight is 689 g/mol. The Morgan fingerprint density at radius 1 is 0.935 bits per heavy atom. The van der Waals surface area contributed by atoms with Crippen LogP contribution in [0.3, 0.4) is 0 Å². The lowest BCUT2D eigenvalue weighted by atomic mass is 9.94. The van der Waals surface area contributed by atoms with E-state index in [0.29, 0.717) is 40.3 Å². The summed E-state index contributed by atoms with van der Waals surface area (Å²) in [6.07, 6.45) is 5.14. The fourth-order valence-electron chi connectivity index (χ4n) is 5.84. The van der Waals surface area contributed by atoms with E-state index in [4.69, 9.17) is 32.7 Å². The number of benzene rings is 3. The lowest BCUT2D eigenvalue weighted by molar-refractivity contribution is -0.140. The Morgan fingerprint density at radius 2 is 1.65 bits per heavy atom. The summed E-state index contributed by atoms with van der Waals surface area (Å²) < 4.78 is 39.4. The van der Waals surface area contributed by atoms with Crippen LogP contribution in [0, 0.1) is 0 Å². The number of carbonyl (C=O) groups is 2. The molecule has 0 bridgehead atoms. The van der Waals surface area contributed by atoms with E-state index in [1.54, 1.807) is 36.4 Å². The first-order valence-corrected chi connectivity index (χ1v) is 18.0. The van der Waals surface area contributed by atoms with Crippen molar-refractivity contribution in [2.24, 2.45) is 0 Å². The van der Waals surface area contributed by atoms with Gasteiger partial charge in [0.05, 0.1) is 11.4 Å². The van der Waals surface area contributed by atoms with E-state index in [1.807, 2.05) is 30.3 Å². The number of fused-ring (bicyclic) bond motifs is 1. The molecule has 1 aliphatic heterocycles. The topological polar surface area (TPSA) is 105 Å². The number of hydrogen-bond donors (Lipinski definition) is 1. The highest BCUT2D eigenvalue weighted by atomic mass is 35.5. The summed E-state index contributed by atoms with van der Waals surface area (Å²) in [5, 5.41) is 3.96. The Morgan fingerprint density at radius 3 is 2.35 bits per heavy atom. The molecule has 9 nitrogen and oxygen atoms in total. The SMILES string of the molecule is CCS(=O)(=O)N(CC(=O)N(Cc1ccc(Cl)cc1Cl)[C@@H](Cc1ccccc1)C(=O)NC1CCCCC1)c1ccc2c(c1)OCCO2. The number of anilines is 1. The first-order valence-electron chi connectivity index (χ1n) is 15.6. The molecule has 3 aromatic carbocycles. The molecule has 1 fully saturated rings. The minimum atomic E-state index is -3.94. The molecule has 0 spiro atoms. The van der Waals surface area contributed by atoms with Crippen LogP contribution in [0.4, 0.5) is 5.69 Å². The van der Waals surface area contributed by atoms with Crippen LogP contribution < -0.4 is 19.1 Å². The standard InChI is InChI=1S/C34H39Cl2N3O6S/c1-2-46(42,43)39(28-15-16-31-32(21-28)45-18-17-44-31)23-33(40)38(22-25-13-14-26(35)20-29(25)36)30(19-24-9-5-3-6-10-24)34(41)37-27-11-7-4-8-12-27/h3,5-6,9-10,13-16,20-21,27,30H,2,4,7-8,11-12,17-19,22-23H2,1H3,(H,37,41)/t30-/m0/s1. The van der Waals surface area contributed by atoms with E-state index < -0.39 is 28.5 Å². The predicted molar refractivity (Wildman–Crippen MR) is 180 cm³/mol. The van der Waals surface area contributed by atoms with E-state index in [9.17, 15) is 18.0 Å². The molecule has 3 aromatic rings. The first-order chi connectivity index (χ1) is 22.1. The summed E-state index contributed by atoms with van der Waals surface area (Å²) >= 11 is 12.8. The highest BCUT2D eigenvalue weighted by Crippen LogP contribution is 2.35. The lowest BCUT2D eigenvalue weighted by Gasteiger charge is -2.35. The zero-order valence-electron chi connectivity index (χ0n) is 25.8. The number of amides is 2. The summed E-state index contributed by atoms with van der Waals surface area (Å²) in [6, 6.07) is 18.3. The molecule has 46 heavy (non-hydrogen) atoms. The van der Waals surface area contributed by atoms with Gasteiger partial charge in [0.15, 0.2) is 11.5 Å². The van der Waals surface area contributed by atoms with Gasteiger partial charge in [-0.15, -0.1) is 0 Å². The Bertz CT molecular complexity index is 1630.